The normalized spacial score (nSPS) is 14.8. The summed E-state index contributed by atoms with van der Waals surface area (Å²) in [5.74, 6) is 2.01. The number of likely N-dealkylation sites (N-methyl/N-ethyl adjacent to an activating group) is 1. The Hall–Kier alpha value is -1.62. The van der Waals surface area contributed by atoms with Gasteiger partial charge in [-0.15, -0.1) is 0 Å². The molecule has 2 atom stereocenters. The lowest BCUT2D eigenvalue weighted by atomic mass is 9.98. The van der Waals surface area contributed by atoms with Crippen LogP contribution >= 0.6 is 0 Å². The van der Waals surface area contributed by atoms with E-state index in [4.69, 9.17) is 8.94 Å². The first-order valence-electron chi connectivity index (χ1n) is 5.81. The van der Waals surface area contributed by atoms with E-state index >= 15 is 0 Å². The third-order valence-corrected chi connectivity index (χ3v) is 3.00. The molecule has 0 bridgehead atoms. The predicted octanol–water partition coefficient (Wildman–Crippen LogP) is 2.43. The second-order valence-corrected chi connectivity index (χ2v) is 4.03. The zero-order chi connectivity index (χ0) is 12.3. The Kier molecular flexibility index (Phi) is 3.58. The van der Waals surface area contributed by atoms with E-state index in [2.05, 4.69) is 29.3 Å². The van der Waals surface area contributed by atoms with E-state index in [-0.39, 0.29) is 5.92 Å². The van der Waals surface area contributed by atoms with Crippen LogP contribution < -0.4 is 5.32 Å². The molecule has 0 saturated heterocycles. The molecule has 2 aromatic heterocycles. The molecular formula is C12H17N3O2. The van der Waals surface area contributed by atoms with Crippen LogP contribution in [0, 0.1) is 0 Å². The fourth-order valence-electron chi connectivity index (χ4n) is 1.83. The van der Waals surface area contributed by atoms with Crippen LogP contribution in [0.1, 0.15) is 32.1 Å². The summed E-state index contributed by atoms with van der Waals surface area (Å²) >= 11 is 0. The molecule has 0 aliphatic carbocycles. The van der Waals surface area contributed by atoms with Gasteiger partial charge in [0.15, 0.2) is 5.76 Å². The monoisotopic (exact) mass is 235 g/mol. The predicted molar refractivity (Wildman–Crippen MR) is 63.6 cm³/mol. The fraction of sp³-hybridized carbons (Fsp3) is 0.500. The molecule has 5 heteroatoms. The Morgan fingerprint density at radius 2 is 2.29 bits per heavy atom. The van der Waals surface area contributed by atoms with Gasteiger partial charge in [0.25, 0.3) is 0 Å². The molecule has 5 nitrogen and oxygen atoms in total. The Morgan fingerprint density at radius 1 is 1.47 bits per heavy atom. The molecule has 0 radical (unpaired) electrons. The minimum absolute atomic E-state index is 0.219. The molecule has 1 N–H and O–H groups in total. The van der Waals surface area contributed by atoms with Crippen molar-refractivity contribution in [3.05, 3.63) is 24.3 Å². The molecule has 0 spiro atoms. The van der Waals surface area contributed by atoms with Gasteiger partial charge in [-0.05, 0) is 32.5 Å². The van der Waals surface area contributed by atoms with Gasteiger partial charge >= 0.3 is 0 Å². The SMILES string of the molecule is CCC(c1nc(-c2ccco2)no1)C(C)NC. The average Bonchev–Trinajstić information content (AvgIpc) is 2.99. The lowest BCUT2D eigenvalue weighted by molar-refractivity contribution is 0.321. The van der Waals surface area contributed by atoms with Crippen LogP contribution in [0.2, 0.25) is 0 Å². The van der Waals surface area contributed by atoms with Gasteiger partial charge in [0, 0.05) is 6.04 Å². The molecule has 0 aromatic carbocycles. The van der Waals surface area contributed by atoms with Gasteiger partial charge < -0.3 is 14.3 Å². The maximum Gasteiger partial charge on any atom is 0.238 e. The lowest BCUT2D eigenvalue weighted by Crippen LogP contribution is -2.28. The van der Waals surface area contributed by atoms with Crippen molar-refractivity contribution in [2.75, 3.05) is 7.05 Å². The topological polar surface area (TPSA) is 64.1 Å². The summed E-state index contributed by atoms with van der Waals surface area (Å²) in [5.41, 5.74) is 0. The molecule has 0 aliphatic heterocycles. The molecular weight excluding hydrogens is 218 g/mol. The van der Waals surface area contributed by atoms with E-state index in [0.717, 1.165) is 6.42 Å². The van der Waals surface area contributed by atoms with E-state index in [0.29, 0.717) is 23.5 Å². The van der Waals surface area contributed by atoms with Crippen molar-refractivity contribution in [2.45, 2.75) is 32.2 Å². The summed E-state index contributed by atoms with van der Waals surface area (Å²) < 4.78 is 10.5. The minimum atomic E-state index is 0.219. The Morgan fingerprint density at radius 3 is 2.88 bits per heavy atom. The highest BCUT2D eigenvalue weighted by molar-refractivity contribution is 5.44. The van der Waals surface area contributed by atoms with Crippen LogP contribution in [-0.4, -0.2) is 23.2 Å². The number of furan rings is 1. The van der Waals surface area contributed by atoms with Gasteiger partial charge in [0.2, 0.25) is 11.7 Å². The Bertz CT molecular complexity index is 450. The van der Waals surface area contributed by atoms with E-state index in [9.17, 15) is 0 Å². The third kappa shape index (κ3) is 2.39. The van der Waals surface area contributed by atoms with Crippen LogP contribution in [0.15, 0.2) is 27.3 Å². The Balaban J connectivity index is 2.22. The summed E-state index contributed by atoms with van der Waals surface area (Å²) in [7, 11) is 1.93. The quantitative estimate of drug-likeness (QED) is 0.862. The summed E-state index contributed by atoms with van der Waals surface area (Å²) in [6, 6.07) is 3.92. The van der Waals surface area contributed by atoms with Crippen molar-refractivity contribution in [1.82, 2.24) is 15.5 Å². The lowest BCUT2D eigenvalue weighted by Gasteiger charge is -2.17. The minimum Gasteiger partial charge on any atom is -0.461 e. The highest BCUT2D eigenvalue weighted by atomic mass is 16.5. The molecule has 2 aromatic rings. The Labute approximate surface area is 100 Å². The molecule has 92 valence electrons. The largest absolute Gasteiger partial charge is 0.461 e. The first-order chi connectivity index (χ1) is 8.26. The van der Waals surface area contributed by atoms with Crippen molar-refractivity contribution in [1.29, 1.82) is 0 Å². The number of nitrogens with one attached hydrogen (secondary N) is 1. The fourth-order valence-corrected chi connectivity index (χ4v) is 1.83. The molecule has 0 saturated carbocycles. The van der Waals surface area contributed by atoms with Crippen molar-refractivity contribution in [3.8, 4) is 11.6 Å². The molecule has 2 heterocycles. The van der Waals surface area contributed by atoms with Gasteiger partial charge in [-0.3, -0.25) is 0 Å². The van der Waals surface area contributed by atoms with Crippen molar-refractivity contribution in [2.24, 2.45) is 0 Å². The van der Waals surface area contributed by atoms with E-state index < -0.39 is 0 Å². The molecule has 17 heavy (non-hydrogen) atoms. The molecule has 2 unspecified atom stereocenters. The first-order valence-corrected chi connectivity index (χ1v) is 5.81. The maximum atomic E-state index is 5.30. The summed E-state index contributed by atoms with van der Waals surface area (Å²) in [6.07, 6.45) is 2.54. The van der Waals surface area contributed by atoms with Gasteiger partial charge in [-0.25, -0.2) is 0 Å². The third-order valence-electron chi connectivity index (χ3n) is 3.00. The van der Waals surface area contributed by atoms with Crippen LogP contribution in [0.4, 0.5) is 0 Å². The zero-order valence-electron chi connectivity index (χ0n) is 10.3. The van der Waals surface area contributed by atoms with Gasteiger partial charge in [-0.1, -0.05) is 12.1 Å². The van der Waals surface area contributed by atoms with Crippen LogP contribution in [0.3, 0.4) is 0 Å². The molecule has 2 rings (SSSR count). The van der Waals surface area contributed by atoms with Crippen LogP contribution in [0.5, 0.6) is 0 Å². The number of hydrogen-bond donors (Lipinski definition) is 1. The highest BCUT2D eigenvalue weighted by Gasteiger charge is 2.23. The molecule has 0 amide bonds. The van der Waals surface area contributed by atoms with Crippen LogP contribution in [-0.2, 0) is 0 Å². The molecule has 0 aliphatic rings. The molecule has 0 fully saturated rings. The van der Waals surface area contributed by atoms with E-state index in [1.807, 2.05) is 13.1 Å². The summed E-state index contributed by atoms with van der Waals surface area (Å²) in [5, 5.41) is 7.14. The van der Waals surface area contributed by atoms with Crippen molar-refractivity contribution in [3.63, 3.8) is 0 Å². The van der Waals surface area contributed by atoms with Gasteiger partial charge in [0.05, 0.1) is 12.2 Å². The second-order valence-electron chi connectivity index (χ2n) is 4.03. The van der Waals surface area contributed by atoms with Crippen LogP contribution in [0.25, 0.3) is 11.6 Å². The summed E-state index contributed by atoms with van der Waals surface area (Å²) in [6.45, 7) is 4.21. The van der Waals surface area contributed by atoms with Crippen molar-refractivity contribution >= 4 is 0 Å². The first kappa shape index (κ1) is 11.9. The van der Waals surface area contributed by atoms with Gasteiger partial charge in [0.1, 0.15) is 0 Å². The second kappa shape index (κ2) is 5.14. The zero-order valence-corrected chi connectivity index (χ0v) is 10.3. The average molecular weight is 235 g/mol. The van der Waals surface area contributed by atoms with Gasteiger partial charge in [-0.2, -0.15) is 4.98 Å². The van der Waals surface area contributed by atoms with E-state index in [1.54, 1.807) is 12.3 Å². The number of hydrogen-bond acceptors (Lipinski definition) is 5. The van der Waals surface area contributed by atoms with E-state index in [1.165, 1.54) is 0 Å². The maximum absolute atomic E-state index is 5.30. The smallest absolute Gasteiger partial charge is 0.238 e. The highest BCUT2D eigenvalue weighted by Crippen LogP contribution is 2.24. The van der Waals surface area contributed by atoms with Crippen molar-refractivity contribution < 1.29 is 8.94 Å². The standard InChI is InChI=1S/C12H17N3O2/c1-4-9(8(2)13-3)12-14-11(15-17-12)10-6-5-7-16-10/h5-9,13H,4H2,1-3H3. The number of nitrogens with zero attached hydrogens (tertiary/aromatic N) is 2. The number of rotatable bonds is 5. The number of aromatic nitrogens is 2. The summed E-state index contributed by atoms with van der Waals surface area (Å²) in [4.78, 5) is 4.38.